The third kappa shape index (κ3) is 1.82. The molecular weight excluding hydrogens is 228 g/mol. The van der Waals surface area contributed by atoms with Gasteiger partial charge in [0.25, 0.3) is 0 Å². The van der Waals surface area contributed by atoms with E-state index in [9.17, 15) is 4.79 Å². The van der Waals surface area contributed by atoms with Gasteiger partial charge in [-0.3, -0.25) is 10.3 Å². The molecule has 0 bridgehead atoms. The number of pyridine rings is 1. The summed E-state index contributed by atoms with van der Waals surface area (Å²) < 4.78 is 4.96. The number of fused-ring (bicyclic) bond motifs is 1. The first-order chi connectivity index (χ1) is 8.74. The minimum atomic E-state index is -0.396. The molecular formula is C14H12N2O2. The van der Waals surface area contributed by atoms with Gasteiger partial charge in [0.05, 0.1) is 5.69 Å². The first kappa shape index (κ1) is 10.8. The molecule has 1 aromatic heterocycles. The summed E-state index contributed by atoms with van der Waals surface area (Å²) in [5.41, 5.74) is 5.15. The number of hydrogen-bond acceptors (Lipinski definition) is 3. The van der Waals surface area contributed by atoms with E-state index in [4.69, 9.17) is 4.74 Å². The van der Waals surface area contributed by atoms with E-state index in [-0.39, 0.29) is 0 Å². The first-order valence-electron chi connectivity index (χ1n) is 5.72. The molecule has 1 aliphatic rings. The van der Waals surface area contributed by atoms with E-state index < -0.39 is 6.09 Å². The number of nitrogens with one attached hydrogen (secondary N) is 1. The number of carbonyl (C=O) groups is 1. The van der Waals surface area contributed by atoms with Gasteiger partial charge in [0.1, 0.15) is 6.61 Å². The van der Waals surface area contributed by atoms with Gasteiger partial charge in [0.15, 0.2) is 0 Å². The number of anilines is 1. The van der Waals surface area contributed by atoms with Crippen LogP contribution in [0.1, 0.15) is 11.1 Å². The Morgan fingerprint density at radius 3 is 3.06 bits per heavy atom. The van der Waals surface area contributed by atoms with Crippen molar-refractivity contribution in [3.63, 3.8) is 0 Å². The quantitative estimate of drug-likeness (QED) is 0.833. The van der Waals surface area contributed by atoms with Gasteiger partial charge in [-0.2, -0.15) is 0 Å². The van der Waals surface area contributed by atoms with Crippen LogP contribution in [0, 0.1) is 6.92 Å². The third-order valence-corrected chi connectivity index (χ3v) is 3.05. The molecule has 0 saturated heterocycles. The van der Waals surface area contributed by atoms with Crippen molar-refractivity contribution in [2.75, 3.05) is 5.32 Å². The average molecular weight is 240 g/mol. The first-order valence-corrected chi connectivity index (χ1v) is 5.72. The Morgan fingerprint density at radius 2 is 2.22 bits per heavy atom. The van der Waals surface area contributed by atoms with Crippen molar-refractivity contribution in [3.05, 3.63) is 47.8 Å². The van der Waals surface area contributed by atoms with Crippen molar-refractivity contribution in [1.82, 2.24) is 4.98 Å². The zero-order valence-corrected chi connectivity index (χ0v) is 9.93. The minimum Gasteiger partial charge on any atom is -0.444 e. The van der Waals surface area contributed by atoms with Gasteiger partial charge in [0.2, 0.25) is 0 Å². The number of aromatic nitrogens is 1. The van der Waals surface area contributed by atoms with Crippen LogP contribution in [0.15, 0.2) is 36.7 Å². The predicted molar refractivity (Wildman–Crippen MR) is 68.2 cm³/mol. The lowest BCUT2D eigenvalue weighted by atomic mass is 10.00. The number of cyclic esters (lactones) is 1. The molecule has 4 nitrogen and oxygen atoms in total. The van der Waals surface area contributed by atoms with Gasteiger partial charge in [-0.25, -0.2) is 4.79 Å². The van der Waals surface area contributed by atoms with E-state index >= 15 is 0 Å². The number of rotatable bonds is 1. The molecule has 1 N–H and O–H groups in total. The van der Waals surface area contributed by atoms with Gasteiger partial charge >= 0.3 is 6.09 Å². The zero-order valence-electron chi connectivity index (χ0n) is 9.93. The molecule has 0 saturated carbocycles. The monoisotopic (exact) mass is 240 g/mol. The van der Waals surface area contributed by atoms with Crippen molar-refractivity contribution in [2.45, 2.75) is 13.5 Å². The summed E-state index contributed by atoms with van der Waals surface area (Å²) >= 11 is 0. The number of carbonyl (C=O) groups excluding carboxylic acids is 1. The summed E-state index contributed by atoms with van der Waals surface area (Å²) in [5.74, 6) is 0. The predicted octanol–water partition coefficient (Wildman–Crippen LogP) is 3.12. The molecule has 2 aromatic rings. The molecule has 0 fully saturated rings. The van der Waals surface area contributed by atoms with Crippen molar-refractivity contribution in [1.29, 1.82) is 0 Å². The normalized spacial score (nSPS) is 13.5. The highest BCUT2D eigenvalue weighted by molar-refractivity contribution is 5.88. The molecule has 1 amide bonds. The fraction of sp³-hybridized carbons (Fsp3) is 0.143. The maximum atomic E-state index is 11.1. The van der Waals surface area contributed by atoms with E-state index in [1.54, 1.807) is 6.20 Å². The van der Waals surface area contributed by atoms with Gasteiger partial charge in [0, 0.05) is 23.5 Å². The Balaban J connectivity index is 2.05. The van der Waals surface area contributed by atoms with Crippen LogP contribution in [-0.4, -0.2) is 11.1 Å². The van der Waals surface area contributed by atoms with E-state index in [0.29, 0.717) is 6.61 Å². The summed E-state index contributed by atoms with van der Waals surface area (Å²) in [6.45, 7) is 2.36. The van der Waals surface area contributed by atoms with Crippen molar-refractivity contribution in [2.24, 2.45) is 0 Å². The Kier molecular flexibility index (Phi) is 2.48. The molecule has 0 atom stereocenters. The number of nitrogens with zero attached hydrogens (tertiary/aromatic N) is 1. The molecule has 1 aromatic carbocycles. The Labute approximate surface area is 105 Å². The number of aryl methyl sites for hydroxylation is 1. The van der Waals surface area contributed by atoms with E-state index in [0.717, 1.165) is 22.4 Å². The molecule has 0 radical (unpaired) electrons. The standard InChI is InChI=1S/C14H12N2O2/c1-9-4-5-15-7-12(9)10-2-3-13-11(6-10)8-18-14(17)16-13/h2-7H,8H2,1H3,(H,16,17). The molecule has 18 heavy (non-hydrogen) atoms. The maximum absolute atomic E-state index is 11.1. The van der Waals surface area contributed by atoms with Crippen LogP contribution < -0.4 is 5.32 Å². The Morgan fingerprint density at radius 1 is 1.33 bits per heavy atom. The second-order valence-corrected chi connectivity index (χ2v) is 4.26. The van der Waals surface area contributed by atoms with Gasteiger partial charge in [-0.05, 0) is 36.2 Å². The molecule has 0 aliphatic carbocycles. The number of hydrogen-bond donors (Lipinski definition) is 1. The summed E-state index contributed by atoms with van der Waals surface area (Å²) in [7, 11) is 0. The molecule has 4 heteroatoms. The average Bonchev–Trinajstić information content (AvgIpc) is 2.39. The summed E-state index contributed by atoms with van der Waals surface area (Å²) in [6.07, 6.45) is 3.23. The molecule has 1 aliphatic heterocycles. The Hall–Kier alpha value is -2.36. The van der Waals surface area contributed by atoms with Crippen molar-refractivity contribution < 1.29 is 9.53 Å². The maximum Gasteiger partial charge on any atom is 0.411 e. The second kappa shape index (κ2) is 4.14. The highest BCUT2D eigenvalue weighted by Gasteiger charge is 2.16. The van der Waals surface area contributed by atoms with E-state index in [1.807, 2.05) is 30.5 Å². The molecule has 0 spiro atoms. The summed E-state index contributed by atoms with van der Waals surface area (Å²) in [4.78, 5) is 15.2. The fourth-order valence-corrected chi connectivity index (χ4v) is 2.06. The number of amides is 1. The lowest BCUT2D eigenvalue weighted by Crippen LogP contribution is -2.20. The number of ether oxygens (including phenoxy) is 1. The van der Waals surface area contributed by atoms with Crippen LogP contribution in [0.2, 0.25) is 0 Å². The van der Waals surface area contributed by atoms with Crippen LogP contribution in [0.25, 0.3) is 11.1 Å². The smallest absolute Gasteiger partial charge is 0.411 e. The molecule has 90 valence electrons. The number of benzene rings is 1. The lowest BCUT2D eigenvalue weighted by Gasteiger charge is -2.18. The van der Waals surface area contributed by atoms with Crippen LogP contribution in [-0.2, 0) is 11.3 Å². The van der Waals surface area contributed by atoms with Crippen LogP contribution in [0.4, 0.5) is 10.5 Å². The van der Waals surface area contributed by atoms with Crippen molar-refractivity contribution >= 4 is 11.8 Å². The van der Waals surface area contributed by atoms with Gasteiger partial charge < -0.3 is 4.74 Å². The molecule has 0 unspecified atom stereocenters. The SMILES string of the molecule is Cc1ccncc1-c1ccc2c(c1)COC(=O)N2. The highest BCUT2D eigenvalue weighted by Crippen LogP contribution is 2.29. The Bertz CT molecular complexity index is 623. The van der Waals surface area contributed by atoms with Gasteiger partial charge in [-0.15, -0.1) is 0 Å². The zero-order chi connectivity index (χ0) is 12.5. The lowest BCUT2D eigenvalue weighted by molar-refractivity contribution is 0.151. The second-order valence-electron chi connectivity index (χ2n) is 4.26. The van der Waals surface area contributed by atoms with Gasteiger partial charge in [-0.1, -0.05) is 6.07 Å². The molecule has 3 rings (SSSR count). The fourth-order valence-electron chi connectivity index (χ4n) is 2.06. The third-order valence-electron chi connectivity index (χ3n) is 3.05. The van der Waals surface area contributed by atoms with Crippen LogP contribution >= 0.6 is 0 Å². The molecule has 2 heterocycles. The van der Waals surface area contributed by atoms with E-state index in [1.165, 1.54) is 5.56 Å². The van der Waals surface area contributed by atoms with Crippen molar-refractivity contribution in [3.8, 4) is 11.1 Å². The van der Waals surface area contributed by atoms with Crippen LogP contribution in [0.5, 0.6) is 0 Å². The largest absolute Gasteiger partial charge is 0.444 e. The van der Waals surface area contributed by atoms with E-state index in [2.05, 4.69) is 17.2 Å². The topological polar surface area (TPSA) is 51.2 Å². The van der Waals surface area contributed by atoms with Crippen LogP contribution in [0.3, 0.4) is 0 Å². The minimum absolute atomic E-state index is 0.314. The highest BCUT2D eigenvalue weighted by atomic mass is 16.5. The summed E-state index contributed by atoms with van der Waals surface area (Å²) in [6, 6.07) is 7.89. The summed E-state index contributed by atoms with van der Waals surface area (Å²) in [5, 5.41) is 2.68.